The van der Waals surface area contributed by atoms with Crippen molar-refractivity contribution in [3.63, 3.8) is 0 Å². The summed E-state index contributed by atoms with van der Waals surface area (Å²) >= 11 is 0. The van der Waals surface area contributed by atoms with Crippen molar-refractivity contribution in [2.24, 2.45) is 56.7 Å². The van der Waals surface area contributed by atoms with E-state index in [-0.39, 0.29) is 11.5 Å². The molecule has 0 aromatic carbocycles. The fraction of sp³-hybridized carbons (Fsp3) is 0.933. The summed E-state index contributed by atoms with van der Waals surface area (Å²) in [6.07, 6.45) is 14.6. The third-order valence-electron chi connectivity index (χ3n) is 13.2. The monoisotopic (exact) mass is 426 g/mol. The van der Waals surface area contributed by atoms with Crippen molar-refractivity contribution in [3.05, 3.63) is 11.6 Å². The maximum Gasteiger partial charge on any atom is 0.0594 e. The van der Waals surface area contributed by atoms with Crippen molar-refractivity contribution in [1.29, 1.82) is 0 Å². The molecular formula is C30H50O. The predicted octanol–water partition coefficient (Wildman–Crippen LogP) is 8.02. The zero-order chi connectivity index (χ0) is 22.6. The van der Waals surface area contributed by atoms with E-state index in [1.165, 1.54) is 51.4 Å². The molecule has 5 aliphatic rings. The summed E-state index contributed by atoms with van der Waals surface area (Å²) in [5, 5.41) is 10.8. The van der Waals surface area contributed by atoms with E-state index < -0.39 is 0 Å². The van der Waals surface area contributed by atoms with Crippen molar-refractivity contribution in [1.82, 2.24) is 0 Å². The minimum Gasteiger partial charge on any atom is -0.393 e. The Hall–Kier alpha value is -0.300. The van der Waals surface area contributed by atoms with Gasteiger partial charge in [-0.15, -0.1) is 0 Å². The summed E-state index contributed by atoms with van der Waals surface area (Å²) in [5.74, 6) is 4.02. The second-order valence-corrected chi connectivity index (χ2v) is 14.7. The number of rotatable bonds is 1. The highest BCUT2D eigenvalue weighted by atomic mass is 16.3. The molecule has 4 saturated carbocycles. The van der Waals surface area contributed by atoms with Crippen LogP contribution in [0.1, 0.15) is 113 Å². The molecule has 5 rings (SSSR count). The lowest BCUT2D eigenvalue weighted by Crippen LogP contribution is -2.62. The van der Waals surface area contributed by atoms with Gasteiger partial charge in [-0.2, -0.15) is 0 Å². The van der Waals surface area contributed by atoms with E-state index in [0.717, 1.165) is 30.1 Å². The maximum atomic E-state index is 10.8. The van der Waals surface area contributed by atoms with Crippen LogP contribution in [0.25, 0.3) is 0 Å². The minimum atomic E-state index is -0.131. The first-order valence-corrected chi connectivity index (χ1v) is 13.7. The molecular weight excluding hydrogens is 376 g/mol. The number of hydrogen-bond acceptors (Lipinski definition) is 1. The van der Waals surface area contributed by atoms with Crippen LogP contribution in [0.4, 0.5) is 0 Å². The van der Waals surface area contributed by atoms with E-state index in [1.54, 1.807) is 0 Å². The molecule has 0 aliphatic heterocycles. The molecule has 9 atom stereocenters. The van der Waals surface area contributed by atoms with Gasteiger partial charge in [0.05, 0.1) is 6.10 Å². The van der Waals surface area contributed by atoms with Gasteiger partial charge in [0.1, 0.15) is 0 Å². The van der Waals surface area contributed by atoms with E-state index in [1.807, 2.05) is 5.57 Å². The van der Waals surface area contributed by atoms with Crippen LogP contribution in [0, 0.1) is 56.7 Å². The fourth-order valence-corrected chi connectivity index (χ4v) is 11.2. The SMILES string of the molecule is CC(C)[C@@H]1CCC2[C@@]1(C)CCC1(C)[C@@H]3CCC4C(C)(C)[C@@H](O)CC[C@]4(C)C3=CC[C@]21C. The largest absolute Gasteiger partial charge is 0.393 e. The molecule has 5 aliphatic carbocycles. The summed E-state index contributed by atoms with van der Waals surface area (Å²) in [7, 11) is 0. The minimum absolute atomic E-state index is 0.0432. The molecule has 1 heteroatoms. The molecule has 1 nitrogen and oxygen atoms in total. The quantitative estimate of drug-likeness (QED) is 0.421. The van der Waals surface area contributed by atoms with Gasteiger partial charge in [-0.3, -0.25) is 0 Å². The average Bonchev–Trinajstić information content (AvgIpc) is 3.05. The number of hydrogen-bond donors (Lipinski definition) is 1. The molecule has 0 radical (unpaired) electrons. The van der Waals surface area contributed by atoms with Gasteiger partial charge in [-0.25, -0.2) is 0 Å². The lowest BCUT2D eigenvalue weighted by Gasteiger charge is -2.69. The Balaban J connectivity index is 1.55. The molecule has 0 aromatic rings. The van der Waals surface area contributed by atoms with Gasteiger partial charge in [0.2, 0.25) is 0 Å². The molecule has 176 valence electrons. The summed E-state index contributed by atoms with van der Waals surface area (Å²) in [4.78, 5) is 0. The fourth-order valence-electron chi connectivity index (χ4n) is 11.2. The first-order chi connectivity index (χ1) is 14.3. The first-order valence-electron chi connectivity index (χ1n) is 13.7. The van der Waals surface area contributed by atoms with Crippen molar-refractivity contribution in [2.75, 3.05) is 0 Å². The van der Waals surface area contributed by atoms with Crippen LogP contribution in [0.5, 0.6) is 0 Å². The normalized spacial score (nSPS) is 55.7. The molecule has 1 N–H and O–H groups in total. The molecule has 0 saturated heterocycles. The molecule has 31 heavy (non-hydrogen) atoms. The van der Waals surface area contributed by atoms with Crippen LogP contribution < -0.4 is 0 Å². The van der Waals surface area contributed by atoms with E-state index in [9.17, 15) is 5.11 Å². The van der Waals surface area contributed by atoms with Crippen LogP contribution in [0.15, 0.2) is 11.6 Å². The van der Waals surface area contributed by atoms with Crippen LogP contribution in [0.2, 0.25) is 0 Å². The molecule has 0 heterocycles. The molecule has 0 spiro atoms. The van der Waals surface area contributed by atoms with Crippen LogP contribution in [-0.4, -0.2) is 11.2 Å². The van der Waals surface area contributed by atoms with Crippen molar-refractivity contribution >= 4 is 0 Å². The molecule has 4 fully saturated rings. The summed E-state index contributed by atoms with van der Waals surface area (Å²) in [6, 6.07) is 0. The first kappa shape index (κ1) is 22.5. The molecule has 0 amide bonds. The third kappa shape index (κ3) is 2.60. The third-order valence-corrected chi connectivity index (χ3v) is 13.2. The summed E-state index contributed by atoms with van der Waals surface area (Å²) in [5.41, 5.74) is 3.61. The van der Waals surface area contributed by atoms with E-state index >= 15 is 0 Å². The lowest BCUT2D eigenvalue weighted by molar-refractivity contribution is -0.165. The average molecular weight is 427 g/mol. The van der Waals surface area contributed by atoms with Crippen LogP contribution >= 0.6 is 0 Å². The number of allylic oxidation sites excluding steroid dienone is 2. The van der Waals surface area contributed by atoms with Gasteiger partial charge in [0, 0.05) is 0 Å². The maximum absolute atomic E-state index is 10.8. The second-order valence-electron chi connectivity index (χ2n) is 14.7. The molecule has 3 unspecified atom stereocenters. The van der Waals surface area contributed by atoms with Crippen LogP contribution in [-0.2, 0) is 0 Å². The standard InChI is InChI=1S/C30H50O/c1-19(2)20-9-12-24-28(20,6)17-18-29(7)22-10-11-23-26(3,4)25(31)14-15-27(23,5)21(22)13-16-30(24,29)8/h13,19-20,22-25,31H,9-12,14-18H2,1-8H3/t20-,22+,23?,24?,25-,27+,28-,29?,30+/m0/s1. The summed E-state index contributed by atoms with van der Waals surface area (Å²) in [6.45, 7) is 20.4. The second kappa shape index (κ2) is 6.64. The summed E-state index contributed by atoms with van der Waals surface area (Å²) < 4.78 is 0. The van der Waals surface area contributed by atoms with Gasteiger partial charge in [0.15, 0.2) is 0 Å². The predicted molar refractivity (Wildman–Crippen MR) is 131 cm³/mol. The molecule has 0 aromatic heterocycles. The van der Waals surface area contributed by atoms with Gasteiger partial charge < -0.3 is 5.11 Å². The van der Waals surface area contributed by atoms with Gasteiger partial charge in [-0.05, 0) is 114 Å². The van der Waals surface area contributed by atoms with Crippen molar-refractivity contribution < 1.29 is 5.11 Å². The number of aliphatic hydroxyl groups is 1. The topological polar surface area (TPSA) is 20.2 Å². The Bertz CT molecular complexity index is 777. The lowest BCUT2D eigenvalue weighted by atomic mass is 9.35. The van der Waals surface area contributed by atoms with Gasteiger partial charge >= 0.3 is 0 Å². The Morgan fingerprint density at radius 1 is 0.806 bits per heavy atom. The van der Waals surface area contributed by atoms with E-state index in [4.69, 9.17) is 0 Å². The number of fused-ring (bicyclic) bond motifs is 7. The van der Waals surface area contributed by atoms with Gasteiger partial charge in [0.25, 0.3) is 0 Å². The Labute approximate surface area is 192 Å². The highest BCUT2D eigenvalue weighted by molar-refractivity contribution is 5.33. The Kier molecular flexibility index (Phi) is 4.82. The molecule has 0 bridgehead atoms. The smallest absolute Gasteiger partial charge is 0.0594 e. The zero-order valence-electron chi connectivity index (χ0n) is 21.9. The van der Waals surface area contributed by atoms with Gasteiger partial charge in [-0.1, -0.05) is 67.0 Å². The van der Waals surface area contributed by atoms with Crippen LogP contribution in [0.3, 0.4) is 0 Å². The van der Waals surface area contributed by atoms with Crippen molar-refractivity contribution in [3.8, 4) is 0 Å². The Morgan fingerprint density at radius 2 is 1.48 bits per heavy atom. The highest BCUT2D eigenvalue weighted by Gasteiger charge is 2.68. The van der Waals surface area contributed by atoms with E-state index in [0.29, 0.717) is 27.6 Å². The highest BCUT2D eigenvalue weighted by Crippen LogP contribution is 2.76. The zero-order valence-corrected chi connectivity index (χ0v) is 21.9. The Morgan fingerprint density at radius 3 is 2.16 bits per heavy atom. The number of aliphatic hydroxyl groups excluding tert-OH is 1. The van der Waals surface area contributed by atoms with Crippen molar-refractivity contribution in [2.45, 2.75) is 119 Å². The van der Waals surface area contributed by atoms with E-state index in [2.05, 4.69) is 61.5 Å².